The van der Waals surface area contributed by atoms with Gasteiger partial charge in [0.25, 0.3) is 0 Å². The minimum Gasteiger partial charge on any atom is -0.324 e. The van der Waals surface area contributed by atoms with Gasteiger partial charge < -0.3 is 5.73 Å². The van der Waals surface area contributed by atoms with Gasteiger partial charge in [-0.15, -0.1) is 0 Å². The van der Waals surface area contributed by atoms with Crippen LogP contribution in [0.2, 0.25) is 0 Å². The van der Waals surface area contributed by atoms with E-state index in [9.17, 15) is 0 Å². The first-order valence-corrected chi connectivity index (χ1v) is 5.46. The first-order valence-electron chi connectivity index (χ1n) is 5.46. The largest absolute Gasteiger partial charge is 0.324 e. The van der Waals surface area contributed by atoms with Gasteiger partial charge in [-0.2, -0.15) is 5.10 Å². The van der Waals surface area contributed by atoms with Crippen LogP contribution in [0.5, 0.6) is 0 Å². The molecule has 1 heterocycles. The molecule has 0 aliphatic rings. The lowest BCUT2D eigenvalue weighted by atomic mass is 10.1. The summed E-state index contributed by atoms with van der Waals surface area (Å²) < 4.78 is 1.80. The Hall–Kier alpha value is -1.68. The van der Waals surface area contributed by atoms with E-state index in [2.05, 4.69) is 29.1 Å². The van der Waals surface area contributed by atoms with Crippen LogP contribution in [0.4, 0.5) is 0 Å². The SMILES string of the molecule is CCc1ccc(-n2nc(C)nc2CN)cc1. The molecule has 0 fully saturated rings. The highest BCUT2D eigenvalue weighted by atomic mass is 15.4. The molecule has 4 nitrogen and oxygen atoms in total. The second-order valence-electron chi connectivity index (χ2n) is 3.71. The molecule has 0 spiro atoms. The molecule has 0 bridgehead atoms. The van der Waals surface area contributed by atoms with Gasteiger partial charge in [0.05, 0.1) is 12.2 Å². The second kappa shape index (κ2) is 4.45. The minimum absolute atomic E-state index is 0.399. The highest BCUT2D eigenvalue weighted by Crippen LogP contribution is 2.11. The van der Waals surface area contributed by atoms with Crippen molar-refractivity contribution < 1.29 is 0 Å². The molecule has 4 heteroatoms. The van der Waals surface area contributed by atoms with E-state index in [1.54, 1.807) is 4.68 Å². The van der Waals surface area contributed by atoms with E-state index in [-0.39, 0.29) is 0 Å². The van der Waals surface area contributed by atoms with E-state index >= 15 is 0 Å². The molecule has 0 unspecified atom stereocenters. The summed E-state index contributed by atoms with van der Waals surface area (Å²) in [5.41, 5.74) is 7.96. The van der Waals surface area contributed by atoms with Gasteiger partial charge >= 0.3 is 0 Å². The quantitative estimate of drug-likeness (QED) is 0.847. The monoisotopic (exact) mass is 216 g/mol. The molecule has 16 heavy (non-hydrogen) atoms. The molecule has 2 N–H and O–H groups in total. The molecule has 1 aromatic carbocycles. The maximum atomic E-state index is 5.63. The average molecular weight is 216 g/mol. The van der Waals surface area contributed by atoms with Gasteiger partial charge in [0.2, 0.25) is 0 Å². The van der Waals surface area contributed by atoms with Crippen molar-refractivity contribution in [3.8, 4) is 5.69 Å². The van der Waals surface area contributed by atoms with E-state index in [1.165, 1.54) is 5.56 Å². The van der Waals surface area contributed by atoms with Gasteiger partial charge in [-0.1, -0.05) is 19.1 Å². The molecule has 0 saturated carbocycles. The maximum absolute atomic E-state index is 5.63. The van der Waals surface area contributed by atoms with Gasteiger partial charge in [0, 0.05) is 0 Å². The standard InChI is InChI=1S/C12H16N4/c1-3-10-4-6-11(7-5-10)16-12(8-13)14-9(2)15-16/h4-7H,3,8,13H2,1-2H3. The predicted molar refractivity (Wildman–Crippen MR) is 63.4 cm³/mol. The molecule has 0 radical (unpaired) electrons. The zero-order valence-electron chi connectivity index (χ0n) is 9.64. The zero-order chi connectivity index (χ0) is 11.5. The molecule has 0 aliphatic carbocycles. The van der Waals surface area contributed by atoms with Gasteiger partial charge in [-0.05, 0) is 31.0 Å². The summed E-state index contributed by atoms with van der Waals surface area (Å²) in [6, 6.07) is 8.30. The fourth-order valence-electron chi connectivity index (χ4n) is 1.67. The molecule has 0 atom stereocenters. The molecule has 2 aromatic rings. The average Bonchev–Trinajstić information content (AvgIpc) is 2.70. The van der Waals surface area contributed by atoms with Crippen LogP contribution in [0.25, 0.3) is 5.69 Å². The summed E-state index contributed by atoms with van der Waals surface area (Å²) in [7, 11) is 0. The zero-order valence-corrected chi connectivity index (χ0v) is 9.64. The number of aryl methyl sites for hydroxylation is 2. The third kappa shape index (κ3) is 1.97. The fourth-order valence-corrected chi connectivity index (χ4v) is 1.67. The Balaban J connectivity index is 2.41. The van der Waals surface area contributed by atoms with Gasteiger partial charge in [-0.25, -0.2) is 9.67 Å². The topological polar surface area (TPSA) is 56.7 Å². The Kier molecular flexibility index (Phi) is 3.01. The van der Waals surface area contributed by atoms with Crippen LogP contribution in [0, 0.1) is 6.92 Å². The summed E-state index contributed by atoms with van der Waals surface area (Å²) in [6.07, 6.45) is 1.04. The predicted octanol–water partition coefficient (Wildman–Crippen LogP) is 1.60. The van der Waals surface area contributed by atoms with Crippen molar-refractivity contribution in [3.05, 3.63) is 41.5 Å². The number of nitrogens with zero attached hydrogens (tertiary/aromatic N) is 3. The van der Waals surface area contributed by atoms with Crippen LogP contribution in [0.15, 0.2) is 24.3 Å². The second-order valence-corrected chi connectivity index (χ2v) is 3.71. The van der Waals surface area contributed by atoms with Crippen molar-refractivity contribution >= 4 is 0 Å². The Morgan fingerprint density at radius 3 is 2.50 bits per heavy atom. The van der Waals surface area contributed by atoms with Gasteiger partial charge in [-0.3, -0.25) is 0 Å². The number of hydrogen-bond acceptors (Lipinski definition) is 3. The van der Waals surface area contributed by atoms with Crippen molar-refractivity contribution in [2.24, 2.45) is 5.73 Å². The van der Waals surface area contributed by atoms with Gasteiger partial charge in [0.15, 0.2) is 0 Å². The molecular formula is C12H16N4. The van der Waals surface area contributed by atoms with E-state index in [0.717, 1.165) is 23.8 Å². The third-order valence-electron chi connectivity index (χ3n) is 2.55. The number of aromatic nitrogens is 3. The van der Waals surface area contributed by atoms with Crippen molar-refractivity contribution in [1.29, 1.82) is 0 Å². The Labute approximate surface area is 95.1 Å². The van der Waals surface area contributed by atoms with E-state index in [1.807, 2.05) is 19.1 Å². The molecule has 2 rings (SSSR count). The van der Waals surface area contributed by atoms with Crippen molar-refractivity contribution in [1.82, 2.24) is 14.8 Å². The van der Waals surface area contributed by atoms with E-state index in [0.29, 0.717) is 6.54 Å². The lowest BCUT2D eigenvalue weighted by Crippen LogP contribution is -2.07. The lowest BCUT2D eigenvalue weighted by Gasteiger charge is -2.04. The maximum Gasteiger partial charge on any atom is 0.148 e. The molecule has 1 aromatic heterocycles. The highest BCUT2D eigenvalue weighted by Gasteiger charge is 2.06. The van der Waals surface area contributed by atoms with Crippen molar-refractivity contribution in [3.63, 3.8) is 0 Å². The van der Waals surface area contributed by atoms with Crippen molar-refractivity contribution in [2.75, 3.05) is 0 Å². The molecular weight excluding hydrogens is 200 g/mol. The minimum atomic E-state index is 0.399. The van der Waals surface area contributed by atoms with Crippen LogP contribution in [-0.2, 0) is 13.0 Å². The van der Waals surface area contributed by atoms with Crippen LogP contribution in [-0.4, -0.2) is 14.8 Å². The van der Waals surface area contributed by atoms with Gasteiger partial charge in [0.1, 0.15) is 11.6 Å². The smallest absolute Gasteiger partial charge is 0.148 e. The number of hydrogen-bond donors (Lipinski definition) is 1. The van der Waals surface area contributed by atoms with E-state index in [4.69, 9.17) is 5.73 Å². The lowest BCUT2D eigenvalue weighted by molar-refractivity contribution is 0.786. The third-order valence-corrected chi connectivity index (χ3v) is 2.55. The first-order chi connectivity index (χ1) is 7.74. The number of benzene rings is 1. The summed E-state index contributed by atoms with van der Waals surface area (Å²) in [5, 5.41) is 4.33. The van der Waals surface area contributed by atoms with E-state index < -0.39 is 0 Å². The molecule has 84 valence electrons. The Morgan fingerprint density at radius 1 is 1.25 bits per heavy atom. The van der Waals surface area contributed by atoms with Crippen LogP contribution in [0.1, 0.15) is 24.1 Å². The van der Waals surface area contributed by atoms with Crippen LogP contribution >= 0.6 is 0 Å². The normalized spacial score (nSPS) is 10.7. The number of rotatable bonds is 3. The molecule has 0 aliphatic heterocycles. The highest BCUT2D eigenvalue weighted by molar-refractivity contribution is 5.34. The van der Waals surface area contributed by atoms with Crippen LogP contribution < -0.4 is 5.73 Å². The van der Waals surface area contributed by atoms with Crippen LogP contribution in [0.3, 0.4) is 0 Å². The summed E-state index contributed by atoms with van der Waals surface area (Å²) in [5.74, 6) is 1.54. The van der Waals surface area contributed by atoms with Crippen molar-refractivity contribution in [2.45, 2.75) is 26.8 Å². The first kappa shape index (κ1) is 10.8. The Morgan fingerprint density at radius 2 is 1.94 bits per heavy atom. The fraction of sp³-hybridized carbons (Fsp3) is 0.333. The summed E-state index contributed by atoms with van der Waals surface area (Å²) in [4.78, 5) is 4.27. The molecule has 0 saturated heterocycles. The Bertz CT molecular complexity index is 470. The summed E-state index contributed by atoms with van der Waals surface area (Å²) >= 11 is 0. The number of nitrogens with two attached hydrogens (primary N) is 1. The molecule has 0 amide bonds. The summed E-state index contributed by atoms with van der Waals surface area (Å²) in [6.45, 7) is 4.41.